The van der Waals surface area contributed by atoms with Crippen molar-refractivity contribution in [2.75, 3.05) is 37.3 Å². The molecule has 3 aromatic rings. The molecule has 1 heterocycles. The summed E-state index contributed by atoms with van der Waals surface area (Å²) in [6, 6.07) is 15.1. The quantitative estimate of drug-likeness (QED) is 0.353. The summed E-state index contributed by atoms with van der Waals surface area (Å²) in [5.74, 6) is 0. The molecule has 2 amide bonds. The van der Waals surface area contributed by atoms with Crippen molar-refractivity contribution in [2.24, 2.45) is 0 Å². The van der Waals surface area contributed by atoms with Gasteiger partial charge in [0.1, 0.15) is 0 Å². The van der Waals surface area contributed by atoms with E-state index in [1.165, 1.54) is 0 Å². The number of benzene rings is 2. The van der Waals surface area contributed by atoms with Crippen LogP contribution in [0, 0.1) is 0 Å². The predicted octanol–water partition coefficient (Wildman–Crippen LogP) is 5.53. The third-order valence-corrected chi connectivity index (χ3v) is 5.56. The van der Waals surface area contributed by atoms with Gasteiger partial charge in [-0.05, 0) is 55.8 Å². The third kappa shape index (κ3) is 6.11. The van der Waals surface area contributed by atoms with Crippen molar-refractivity contribution in [1.82, 2.24) is 15.2 Å². The number of halogens is 1. The van der Waals surface area contributed by atoms with Gasteiger partial charge in [-0.3, -0.25) is 4.98 Å². The topological polar surface area (TPSA) is 69.3 Å². The number of fused-ring (bicyclic) bond motifs is 1. The van der Waals surface area contributed by atoms with Gasteiger partial charge < -0.3 is 20.9 Å². The van der Waals surface area contributed by atoms with Crippen LogP contribution in [-0.2, 0) is 13.0 Å². The number of pyridine rings is 1. The molecule has 170 valence electrons. The first kappa shape index (κ1) is 23.8. The second kappa shape index (κ2) is 11.7. The normalized spacial score (nSPS) is 10.9. The van der Waals surface area contributed by atoms with E-state index in [9.17, 15) is 4.79 Å². The molecule has 32 heavy (non-hydrogen) atoms. The zero-order chi connectivity index (χ0) is 22.9. The molecule has 0 aliphatic carbocycles. The maximum Gasteiger partial charge on any atom is 0.321 e. The fourth-order valence-electron chi connectivity index (χ4n) is 3.70. The van der Waals surface area contributed by atoms with Crippen molar-refractivity contribution in [2.45, 2.75) is 33.2 Å². The van der Waals surface area contributed by atoms with Crippen LogP contribution >= 0.6 is 11.6 Å². The Morgan fingerprint density at radius 1 is 1.09 bits per heavy atom. The molecule has 0 unspecified atom stereocenters. The van der Waals surface area contributed by atoms with Gasteiger partial charge in [0.2, 0.25) is 0 Å². The smallest absolute Gasteiger partial charge is 0.321 e. The molecule has 0 saturated heterocycles. The minimum absolute atomic E-state index is 0.204. The molecular formula is C25H32ClN5O. The summed E-state index contributed by atoms with van der Waals surface area (Å²) in [5.41, 5.74) is 4.77. The highest BCUT2D eigenvalue weighted by Gasteiger charge is 2.17. The van der Waals surface area contributed by atoms with E-state index in [0.29, 0.717) is 17.3 Å². The number of nitrogens with one attached hydrogen (secondary N) is 3. The van der Waals surface area contributed by atoms with E-state index < -0.39 is 0 Å². The number of hydrogen-bond donors (Lipinski definition) is 3. The van der Waals surface area contributed by atoms with Gasteiger partial charge in [0, 0.05) is 35.4 Å². The minimum Gasteiger partial charge on any atom is -0.384 e. The summed E-state index contributed by atoms with van der Waals surface area (Å²) >= 11 is 6.03. The minimum atomic E-state index is -0.204. The second-order valence-corrected chi connectivity index (χ2v) is 8.15. The van der Waals surface area contributed by atoms with Crippen molar-refractivity contribution in [3.8, 4) is 0 Å². The average molecular weight is 454 g/mol. The Bertz CT molecular complexity index is 1060. The first-order valence-electron chi connectivity index (χ1n) is 11.2. The summed E-state index contributed by atoms with van der Waals surface area (Å²) in [5, 5.41) is 11.6. The van der Waals surface area contributed by atoms with Gasteiger partial charge in [-0.1, -0.05) is 49.7 Å². The molecule has 0 spiro atoms. The standard InChI is InChI=1S/C25H32ClN5O/c1-4-20-23(17-31(3)25(32)29-19-11-8-10-18(26)16-19)30-22-13-7-6-12-21(22)24(20)28-15-9-14-27-5-2/h6-8,10-13,16,27H,4-5,9,14-15,17H2,1-3H3,(H,28,30)(H,29,32). The second-order valence-electron chi connectivity index (χ2n) is 7.71. The van der Waals surface area contributed by atoms with E-state index in [1.807, 2.05) is 30.3 Å². The van der Waals surface area contributed by atoms with Crippen LogP contribution in [0.25, 0.3) is 10.9 Å². The Labute approximate surface area is 195 Å². The molecule has 0 bridgehead atoms. The van der Waals surface area contributed by atoms with E-state index in [4.69, 9.17) is 16.6 Å². The first-order chi connectivity index (χ1) is 15.5. The molecule has 0 saturated carbocycles. The Balaban J connectivity index is 1.82. The van der Waals surface area contributed by atoms with Crippen LogP contribution in [0.1, 0.15) is 31.5 Å². The van der Waals surface area contributed by atoms with E-state index in [2.05, 4.69) is 35.9 Å². The Kier molecular flexibility index (Phi) is 8.71. The lowest BCUT2D eigenvalue weighted by molar-refractivity contribution is 0.220. The van der Waals surface area contributed by atoms with Gasteiger partial charge in [0.05, 0.1) is 17.8 Å². The highest BCUT2D eigenvalue weighted by Crippen LogP contribution is 2.30. The van der Waals surface area contributed by atoms with E-state index in [0.717, 1.165) is 60.3 Å². The molecule has 0 radical (unpaired) electrons. The summed E-state index contributed by atoms with van der Waals surface area (Å²) in [6.45, 7) is 7.49. The molecule has 2 aromatic carbocycles. The molecular weight excluding hydrogens is 422 g/mol. The van der Waals surface area contributed by atoms with Crippen molar-refractivity contribution in [3.05, 3.63) is 64.8 Å². The van der Waals surface area contributed by atoms with Crippen LogP contribution < -0.4 is 16.0 Å². The molecule has 3 rings (SSSR count). The first-order valence-corrected chi connectivity index (χ1v) is 11.5. The molecule has 7 heteroatoms. The number of aromatic nitrogens is 1. The van der Waals surface area contributed by atoms with Gasteiger partial charge in [0.25, 0.3) is 0 Å². The van der Waals surface area contributed by atoms with E-state index in [1.54, 1.807) is 24.1 Å². The van der Waals surface area contributed by atoms with Crippen LogP contribution in [0.5, 0.6) is 0 Å². The maximum absolute atomic E-state index is 12.8. The van der Waals surface area contributed by atoms with Gasteiger partial charge >= 0.3 is 6.03 Å². The van der Waals surface area contributed by atoms with Crippen LogP contribution in [0.3, 0.4) is 0 Å². The summed E-state index contributed by atoms with van der Waals surface area (Å²) in [4.78, 5) is 19.3. The lowest BCUT2D eigenvalue weighted by atomic mass is 10.0. The fraction of sp³-hybridized carbons (Fsp3) is 0.360. The van der Waals surface area contributed by atoms with E-state index >= 15 is 0 Å². The van der Waals surface area contributed by atoms with E-state index in [-0.39, 0.29) is 6.03 Å². The van der Waals surface area contributed by atoms with Crippen molar-refractivity contribution >= 4 is 39.9 Å². The third-order valence-electron chi connectivity index (χ3n) is 5.32. The van der Waals surface area contributed by atoms with Crippen molar-refractivity contribution in [1.29, 1.82) is 0 Å². The molecule has 6 nitrogen and oxygen atoms in total. The highest BCUT2D eigenvalue weighted by atomic mass is 35.5. The fourth-order valence-corrected chi connectivity index (χ4v) is 3.89. The molecule has 0 aliphatic rings. The van der Waals surface area contributed by atoms with Crippen LogP contribution in [0.2, 0.25) is 5.02 Å². The number of urea groups is 1. The van der Waals surface area contributed by atoms with Crippen LogP contribution in [0.15, 0.2) is 48.5 Å². The number of para-hydroxylation sites is 1. The van der Waals surface area contributed by atoms with Crippen LogP contribution in [-0.4, -0.2) is 42.6 Å². The number of hydrogen-bond acceptors (Lipinski definition) is 4. The summed E-state index contributed by atoms with van der Waals surface area (Å²) in [6.07, 6.45) is 1.86. The van der Waals surface area contributed by atoms with Crippen LogP contribution in [0.4, 0.5) is 16.2 Å². The Morgan fingerprint density at radius 2 is 1.91 bits per heavy atom. The van der Waals surface area contributed by atoms with Gasteiger partial charge in [-0.15, -0.1) is 0 Å². The summed E-state index contributed by atoms with van der Waals surface area (Å²) < 4.78 is 0. The largest absolute Gasteiger partial charge is 0.384 e. The maximum atomic E-state index is 12.8. The summed E-state index contributed by atoms with van der Waals surface area (Å²) in [7, 11) is 1.78. The SMILES string of the molecule is CCNCCCNc1c(CC)c(CN(C)C(=O)Nc2cccc(Cl)c2)nc2ccccc12. The Morgan fingerprint density at radius 3 is 2.66 bits per heavy atom. The van der Waals surface area contributed by atoms with Gasteiger partial charge in [0.15, 0.2) is 0 Å². The lowest BCUT2D eigenvalue weighted by Crippen LogP contribution is -2.31. The van der Waals surface area contributed by atoms with Gasteiger partial charge in [-0.2, -0.15) is 0 Å². The predicted molar refractivity (Wildman–Crippen MR) is 135 cm³/mol. The molecule has 0 fully saturated rings. The number of carbonyl (C=O) groups excluding carboxylic acids is 1. The number of nitrogens with zero attached hydrogens (tertiary/aromatic N) is 2. The zero-order valence-corrected chi connectivity index (χ0v) is 19.8. The zero-order valence-electron chi connectivity index (χ0n) is 19.0. The highest BCUT2D eigenvalue weighted by molar-refractivity contribution is 6.30. The van der Waals surface area contributed by atoms with Gasteiger partial charge in [-0.25, -0.2) is 4.79 Å². The molecule has 0 aliphatic heterocycles. The molecule has 1 aromatic heterocycles. The number of rotatable bonds is 10. The number of carbonyl (C=O) groups is 1. The molecule has 0 atom stereocenters. The number of anilines is 2. The average Bonchev–Trinajstić information content (AvgIpc) is 2.78. The molecule has 3 N–H and O–H groups in total. The number of amides is 2. The Hall–Kier alpha value is -2.83. The monoisotopic (exact) mass is 453 g/mol. The lowest BCUT2D eigenvalue weighted by Gasteiger charge is -2.22. The van der Waals surface area contributed by atoms with Crippen molar-refractivity contribution in [3.63, 3.8) is 0 Å². The van der Waals surface area contributed by atoms with Crippen molar-refractivity contribution < 1.29 is 4.79 Å².